The van der Waals surface area contributed by atoms with Gasteiger partial charge >= 0.3 is 5.97 Å². The number of phenols is 1. The van der Waals surface area contributed by atoms with Crippen LogP contribution in [0, 0.1) is 12.3 Å². The van der Waals surface area contributed by atoms with Gasteiger partial charge in [-0.15, -0.1) is 6.42 Å². The highest BCUT2D eigenvalue weighted by molar-refractivity contribution is 5.84. The zero-order valence-electron chi connectivity index (χ0n) is 8.14. The number of phenolic OH excluding ortho intramolecular Hbond substituents is 1. The summed E-state index contributed by atoms with van der Waals surface area (Å²) in [6, 6.07) is 2.53. The van der Waals surface area contributed by atoms with Crippen molar-refractivity contribution in [1.29, 1.82) is 0 Å². The second-order valence-electron chi connectivity index (χ2n) is 2.85. The van der Waals surface area contributed by atoms with Gasteiger partial charge in [0, 0.05) is 5.56 Å². The van der Waals surface area contributed by atoms with Crippen molar-refractivity contribution < 1.29 is 24.5 Å². The number of aliphatic carboxylic acids is 1. The van der Waals surface area contributed by atoms with Crippen molar-refractivity contribution in [1.82, 2.24) is 0 Å². The number of benzene rings is 1. The summed E-state index contributed by atoms with van der Waals surface area (Å²) >= 11 is 0. The van der Waals surface area contributed by atoms with Gasteiger partial charge in [-0.1, -0.05) is 5.92 Å². The molecule has 0 saturated carbocycles. The monoisotopic (exact) mass is 220 g/mol. The fourth-order valence-corrected chi connectivity index (χ4v) is 1.07. The summed E-state index contributed by atoms with van der Waals surface area (Å²) in [6.07, 6.45) is 5.48. The molecule has 0 amide bonds. The minimum absolute atomic E-state index is 0.0506. The molecule has 0 spiro atoms. The summed E-state index contributed by atoms with van der Waals surface area (Å²) in [6.45, 7) is -0.617. The van der Waals surface area contributed by atoms with E-state index in [0.29, 0.717) is 11.8 Å². The third kappa shape index (κ3) is 2.51. The van der Waals surface area contributed by atoms with Gasteiger partial charge in [-0.05, 0) is 12.1 Å². The van der Waals surface area contributed by atoms with Crippen molar-refractivity contribution in [3.63, 3.8) is 0 Å². The van der Waals surface area contributed by atoms with Crippen LogP contribution >= 0.6 is 0 Å². The lowest BCUT2D eigenvalue weighted by Crippen LogP contribution is -2.10. The summed E-state index contributed by atoms with van der Waals surface area (Å²) in [7, 11) is 0. The molecule has 1 rings (SSSR count). The molecule has 1 aromatic rings. The first-order chi connectivity index (χ1) is 7.58. The van der Waals surface area contributed by atoms with E-state index in [0.717, 1.165) is 0 Å². The fourth-order valence-electron chi connectivity index (χ4n) is 1.07. The van der Waals surface area contributed by atoms with Crippen molar-refractivity contribution in [2.45, 2.75) is 0 Å². The van der Waals surface area contributed by atoms with E-state index in [1.54, 1.807) is 0 Å². The average Bonchev–Trinajstić information content (AvgIpc) is 2.25. The van der Waals surface area contributed by atoms with Gasteiger partial charge in [0.2, 0.25) is 0 Å². The Morgan fingerprint density at radius 3 is 2.75 bits per heavy atom. The van der Waals surface area contributed by atoms with E-state index in [2.05, 4.69) is 5.92 Å². The van der Waals surface area contributed by atoms with Gasteiger partial charge < -0.3 is 14.9 Å². The standard InChI is InChI=1S/C11H8O5/c1-2-7-3-9(13)8(5-12)10(4-7)16-6-11(14)15/h1,3-5,13H,6H2,(H,14,15). The highest BCUT2D eigenvalue weighted by Gasteiger charge is 2.11. The third-order valence-electron chi connectivity index (χ3n) is 1.76. The largest absolute Gasteiger partial charge is 0.507 e. The predicted octanol–water partition coefficient (Wildman–Crippen LogP) is 0.649. The molecular weight excluding hydrogens is 212 g/mol. The zero-order chi connectivity index (χ0) is 12.1. The van der Waals surface area contributed by atoms with Gasteiger partial charge in [0.05, 0.1) is 5.56 Å². The maximum Gasteiger partial charge on any atom is 0.341 e. The van der Waals surface area contributed by atoms with Crippen LogP contribution in [0.3, 0.4) is 0 Å². The van der Waals surface area contributed by atoms with E-state index in [4.69, 9.17) is 16.3 Å². The topological polar surface area (TPSA) is 83.8 Å². The molecule has 5 heteroatoms. The van der Waals surface area contributed by atoms with Crippen molar-refractivity contribution in [2.24, 2.45) is 0 Å². The number of carboxylic acids is 1. The minimum Gasteiger partial charge on any atom is -0.507 e. The number of carbonyl (C=O) groups excluding carboxylic acids is 1. The Labute approximate surface area is 91.3 Å². The van der Waals surface area contributed by atoms with Crippen LogP contribution in [-0.2, 0) is 4.79 Å². The van der Waals surface area contributed by atoms with E-state index < -0.39 is 12.6 Å². The molecule has 0 aliphatic heterocycles. The number of ether oxygens (including phenoxy) is 1. The number of aldehydes is 1. The maximum atomic E-state index is 10.7. The molecule has 82 valence electrons. The zero-order valence-corrected chi connectivity index (χ0v) is 8.14. The smallest absolute Gasteiger partial charge is 0.341 e. The molecule has 1 aromatic carbocycles. The number of rotatable bonds is 4. The number of carboxylic acid groups (broad SMARTS) is 1. The van der Waals surface area contributed by atoms with E-state index in [1.165, 1.54) is 12.1 Å². The second-order valence-corrected chi connectivity index (χ2v) is 2.85. The van der Waals surface area contributed by atoms with Crippen LogP contribution in [0.15, 0.2) is 12.1 Å². The van der Waals surface area contributed by atoms with Crippen LogP contribution in [0.1, 0.15) is 15.9 Å². The summed E-state index contributed by atoms with van der Waals surface area (Å²) in [5.41, 5.74) is 0.170. The van der Waals surface area contributed by atoms with Crippen LogP contribution in [0.2, 0.25) is 0 Å². The molecule has 0 saturated heterocycles. The Morgan fingerprint density at radius 2 is 2.25 bits per heavy atom. The maximum absolute atomic E-state index is 10.7. The van der Waals surface area contributed by atoms with Crippen LogP contribution in [0.25, 0.3) is 0 Å². The number of hydrogen-bond donors (Lipinski definition) is 2. The fraction of sp³-hybridized carbons (Fsp3) is 0.0909. The summed E-state index contributed by atoms with van der Waals surface area (Å²) < 4.78 is 4.83. The Kier molecular flexibility index (Phi) is 3.51. The first-order valence-electron chi connectivity index (χ1n) is 4.22. The van der Waals surface area contributed by atoms with Crippen molar-refractivity contribution in [2.75, 3.05) is 6.61 Å². The third-order valence-corrected chi connectivity index (χ3v) is 1.76. The Balaban J connectivity index is 3.13. The number of aromatic hydroxyl groups is 1. The molecular formula is C11H8O5. The average molecular weight is 220 g/mol. The van der Waals surface area contributed by atoms with Gasteiger partial charge in [-0.3, -0.25) is 4.79 Å². The molecule has 0 bridgehead atoms. The lowest BCUT2D eigenvalue weighted by Gasteiger charge is -2.08. The number of carbonyl (C=O) groups is 2. The molecule has 0 aliphatic rings. The Hall–Kier alpha value is -2.48. The van der Waals surface area contributed by atoms with Gasteiger partial charge in [-0.25, -0.2) is 4.79 Å². The highest BCUT2D eigenvalue weighted by atomic mass is 16.5. The lowest BCUT2D eigenvalue weighted by molar-refractivity contribution is -0.139. The van der Waals surface area contributed by atoms with Crippen LogP contribution < -0.4 is 4.74 Å². The molecule has 0 fully saturated rings. The van der Waals surface area contributed by atoms with E-state index >= 15 is 0 Å². The Morgan fingerprint density at radius 1 is 1.56 bits per heavy atom. The van der Waals surface area contributed by atoms with Gasteiger partial charge in [0.25, 0.3) is 0 Å². The van der Waals surface area contributed by atoms with Crippen molar-refractivity contribution in [3.8, 4) is 23.8 Å². The molecule has 0 atom stereocenters. The van der Waals surface area contributed by atoms with Crippen molar-refractivity contribution >= 4 is 12.3 Å². The molecule has 2 N–H and O–H groups in total. The molecule has 0 aromatic heterocycles. The summed E-state index contributed by atoms with van der Waals surface area (Å²) in [4.78, 5) is 20.9. The normalized spacial score (nSPS) is 9.19. The quantitative estimate of drug-likeness (QED) is 0.575. The number of hydrogen-bond acceptors (Lipinski definition) is 4. The Bertz CT molecular complexity index is 470. The first kappa shape index (κ1) is 11.6. The van der Waals surface area contributed by atoms with Gasteiger partial charge in [0.1, 0.15) is 11.5 Å². The van der Waals surface area contributed by atoms with Crippen LogP contribution in [-0.4, -0.2) is 29.1 Å². The van der Waals surface area contributed by atoms with E-state index in [9.17, 15) is 14.7 Å². The molecule has 0 heterocycles. The SMILES string of the molecule is C#Cc1cc(O)c(C=O)c(OCC(=O)O)c1. The van der Waals surface area contributed by atoms with E-state index in [-0.39, 0.29) is 17.1 Å². The minimum atomic E-state index is -1.19. The van der Waals surface area contributed by atoms with Gasteiger partial charge in [-0.2, -0.15) is 0 Å². The second kappa shape index (κ2) is 4.84. The summed E-state index contributed by atoms with van der Waals surface area (Å²) in [5, 5.41) is 17.8. The molecule has 16 heavy (non-hydrogen) atoms. The molecule has 0 radical (unpaired) electrons. The molecule has 0 aliphatic carbocycles. The van der Waals surface area contributed by atoms with E-state index in [1.807, 2.05) is 0 Å². The van der Waals surface area contributed by atoms with Gasteiger partial charge in [0.15, 0.2) is 12.9 Å². The first-order valence-corrected chi connectivity index (χ1v) is 4.22. The molecule has 0 unspecified atom stereocenters. The van der Waals surface area contributed by atoms with Crippen molar-refractivity contribution in [3.05, 3.63) is 23.3 Å². The molecule has 5 nitrogen and oxygen atoms in total. The highest BCUT2D eigenvalue weighted by Crippen LogP contribution is 2.27. The number of terminal acetylenes is 1. The summed E-state index contributed by atoms with van der Waals surface area (Å²) in [5.74, 6) is 0.659. The predicted molar refractivity (Wildman–Crippen MR) is 54.6 cm³/mol. The van der Waals surface area contributed by atoms with Crippen LogP contribution in [0.5, 0.6) is 11.5 Å². The lowest BCUT2D eigenvalue weighted by atomic mass is 10.1. The van der Waals surface area contributed by atoms with Crippen LogP contribution in [0.4, 0.5) is 0 Å².